The first-order valence-electron chi connectivity index (χ1n) is 9.56. The van der Waals surface area contributed by atoms with Crippen molar-refractivity contribution in [2.75, 3.05) is 32.7 Å². The van der Waals surface area contributed by atoms with Crippen LogP contribution in [-0.4, -0.2) is 67.6 Å². The summed E-state index contributed by atoms with van der Waals surface area (Å²) in [5, 5.41) is 5.68. The van der Waals surface area contributed by atoms with Gasteiger partial charge in [-0.15, -0.1) is 0 Å². The van der Waals surface area contributed by atoms with Crippen molar-refractivity contribution in [2.45, 2.75) is 31.5 Å². The summed E-state index contributed by atoms with van der Waals surface area (Å²) in [4.78, 5) is 13.9. The molecule has 2 heterocycles. The van der Waals surface area contributed by atoms with Gasteiger partial charge in [0, 0.05) is 43.9 Å². The number of aryl methyl sites for hydroxylation is 2. The fraction of sp³-hybridized carbons (Fsp3) is 0.474. The molecule has 1 amide bonds. The van der Waals surface area contributed by atoms with E-state index in [1.54, 1.807) is 5.32 Å². The first-order valence-corrected chi connectivity index (χ1v) is 11.0. The van der Waals surface area contributed by atoms with Crippen LogP contribution in [0.5, 0.6) is 0 Å². The Balaban J connectivity index is 1.60. The van der Waals surface area contributed by atoms with Crippen molar-refractivity contribution < 1.29 is 30.9 Å². The molecule has 1 saturated heterocycles. The second kappa shape index (κ2) is 8.97. The third-order valence-corrected chi connectivity index (χ3v) is 7.01. The van der Waals surface area contributed by atoms with E-state index in [2.05, 4.69) is 10.1 Å². The molecule has 1 fully saturated rings. The molecule has 0 atom stereocenters. The molecule has 12 heteroatoms. The molecule has 8 nitrogen and oxygen atoms in total. The summed E-state index contributed by atoms with van der Waals surface area (Å²) in [5.41, 5.74) is 1.76. The van der Waals surface area contributed by atoms with Gasteiger partial charge in [-0.25, -0.2) is 8.42 Å². The molecule has 0 bridgehead atoms. The fourth-order valence-corrected chi connectivity index (χ4v) is 4.71. The molecule has 1 N–H and O–H groups in total. The van der Waals surface area contributed by atoms with Gasteiger partial charge in [0.25, 0.3) is 5.91 Å². The highest BCUT2D eigenvalue weighted by Crippen LogP contribution is 2.21. The second-order valence-electron chi connectivity index (χ2n) is 7.31. The summed E-state index contributed by atoms with van der Waals surface area (Å²) in [6.07, 6.45) is -4.52. The van der Waals surface area contributed by atoms with Crippen LogP contribution in [-0.2, 0) is 16.6 Å². The summed E-state index contributed by atoms with van der Waals surface area (Å²) in [5.74, 6) is -0.180. The molecule has 0 radical (unpaired) electrons. The monoisotopic (exact) mass is 460 g/mol. The van der Waals surface area contributed by atoms with E-state index in [0.717, 1.165) is 17.0 Å². The summed E-state index contributed by atoms with van der Waals surface area (Å²) in [6.45, 7) is 4.51. The molecule has 3 rings (SSSR count). The van der Waals surface area contributed by atoms with Gasteiger partial charge in [-0.05, 0) is 38.1 Å². The average molecular weight is 460 g/mol. The van der Waals surface area contributed by atoms with E-state index < -0.39 is 28.7 Å². The quantitative estimate of drug-likeness (QED) is 0.709. The van der Waals surface area contributed by atoms with Crippen molar-refractivity contribution in [2.24, 2.45) is 0 Å². The van der Waals surface area contributed by atoms with Crippen LogP contribution in [0.25, 0.3) is 0 Å². The van der Waals surface area contributed by atoms with Gasteiger partial charge in [0.15, 0.2) is 0 Å². The minimum absolute atomic E-state index is 0.0148. The Morgan fingerprint density at radius 2 is 1.74 bits per heavy atom. The molecular formula is C19H23F3N4O4S. The molecule has 0 spiro atoms. The number of carbonyl (C=O) groups excluding carboxylic acids is 1. The Hall–Kier alpha value is -2.44. The van der Waals surface area contributed by atoms with Gasteiger partial charge >= 0.3 is 6.18 Å². The number of halogens is 3. The van der Waals surface area contributed by atoms with Crippen LogP contribution in [0.2, 0.25) is 0 Å². The van der Waals surface area contributed by atoms with Crippen molar-refractivity contribution in [3.05, 3.63) is 46.8 Å². The molecule has 1 aromatic heterocycles. The van der Waals surface area contributed by atoms with Crippen molar-refractivity contribution in [1.82, 2.24) is 19.7 Å². The van der Waals surface area contributed by atoms with Crippen LogP contribution in [0.3, 0.4) is 0 Å². The third kappa shape index (κ3) is 5.63. The summed E-state index contributed by atoms with van der Waals surface area (Å²) in [6, 6.07) is 4.86. The Morgan fingerprint density at radius 1 is 1.13 bits per heavy atom. The molecular weight excluding hydrogens is 437 g/mol. The van der Waals surface area contributed by atoms with Crippen LogP contribution in [0.15, 0.2) is 33.7 Å². The zero-order valence-electron chi connectivity index (χ0n) is 17.1. The molecule has 2 aromatic rings. The molecule has 31 heavy (non-hydrogen) atoms. The maximum Gasteiger partial charge on any atom is 0.405 e. The molecule has 0 aliphatic carbocycles. The first kappa shape index (κ1) is 23.2. The lowest BCUT2D eigenvalue weighted by Gasteiger charge is -2.33. The van der Waals surface area contributed by atoms with Crippen LogP contribution >= 0.6 is 0 Å². The van der Waals surface area contributed by atoms with E-state index in [9.17, 15) is 26.4 Å². The number of rotatable bonds is 6. The van der Waals surface area contributed by atoms with E-state index >= 15 is 0 Å². The van der Waals surface area contributed by atoms with Crippen LogP contribution in [0.1, 0.15) is 27.4 Å². The number of hydrogen-bond donors (Lipinski definition) is 1. The van der Waals surface area contributed by atoms with E-state index in [-0.39, 0.29) is 10.5 Å². The van der Waals surface area contributed by atoms with Gasteiger partial charge in [0.2, 0.25) is 10.0 Å². The average Bonchev–Trinajstić information content (AvgIpc) is 3.04. The smallest absolute Gasteiger partial charge is 0.361 e. The maximum atomic E-state index is 12.9. The Morgan fingerprint density at radius 3 is 2.26 bits per heavy atom. The van der Waals surface area contributed by atoms with Crippen LogP contribution in [0.4, 0.5) is 13.2 Å². The van der Waals surface area contributed by atoms with Gasteiger partial charge in [-0.3, -0.25) is 9.69 Å². The zero-order valence-corrected chi connectivity index (χ0v) is 17.9. The highest BCUT2D eigenvalue weighted by Gasteiger charge is 2.30. The lowest BCUT2D eigenvalue weighted by atomic mass is 10.2. The van der Waals surface area contributed by atoms with Crippen molar-refractivity contribution in [1.29, 1.82) is 0 Å². The number of amides is 1. The summed E-state index contributed by atoms with van der Waals surface area (Å²) >= 11 is 0. The molecule has 1 aliphatic heterocycles. The van der Waals surface area contributed by atoms with Crippen LogP contribution in [0, 0.1) is 13.8 Å². The van der Waals surface area contributed by atoms with Gasteiger partial charge < -0.3 is 9.84 Å². The minimum Gasteiger partial charge on any atom is -0.361 e. The third-order valence-electron chi connectivity index (χ3n) is 5.10. The predicted octanol–water partition coefficient (Wildman–Crippen LogP) is 2.09. The van der Waals surface area contributed by atoms with E-state index in [1.165, 1.54) is 28.6 Å². The Kier molecular flexibility index (Phi) is 6.72. The molecule has 0 saturated carbocycles. The highest BCUT2D eigenvalue weighted by atomic mass is 32.2. The highest BCUT2D eigenvalue weighted by molar-refractivity contribution is 7.89. The fourth-order valence-electron chi connectivity index (χ4n) is 3.29. The number of nitrogens with zero attached hydrogens (tertiary/aromatic N) is 3. The molecule has 1 aromatic carbocycles. The van der Waals surface area contributed by atoms with Gasteiger partial charge in [0.1, 0.15) is 12.3 Å². The largest absolute Gasteiger partial charge is 0.405 e. The lowest BCUT2D eigenvalue weighted by molar-refractivity contribution is -0.123. The standard InChI is InChI=1S/C19H23F3N4O4S/c1-13-17(14(2)30-24-13)11-25-7-9-26(10-8-25)31(28,29)16-5-3-15(4-6-16)18(27)23-12-19(20,21)22/h3-6H,7-12H2,1-2H3,(H,23,27). The van der Waals surface area contributed by atoms with Crippen molar-refractivity contribution in [3.8, 4) is 0 Å². The second-order valence-corrected chi connectivity index (χ2v) is 9.24. The maximum absolute atomic E-state index is 12.9. The topological polar surface area (TPSA) is 95.8 Å². The van der Waals surface area contributed by atoms with Crippen molar-refractivity contribution in [3.63, 3.8) is 0 Å². The normalized spacial score (nSPS) is 16.4. The number of carbonyl (C=O) groups is 1. The number of nitrogens with one attached hydrogen (secondary N) is 1. The molecule has 170 valence electrons. The number of piperazine rings is 1. The van der Waals surface area contributed by atoms with Gasteiger partial charge in [-0.2, -0.15) is 17.5 Å². The number of aromatic nitrogens is 1. The lowest BCUT2D eigenvalue weighted by Crippen LogP contribution is -2.48. The van der Waals surface area contributed by atoms with Gasteiger partial charge in [-0.1, -0.05) is 5.16 Å². The minimum atomic E-state index is -4.52. The Labute approximate surface area is 178 Å². The number of sulfonamides is 1. The zero-order chi connectivity index (χ0) is 22.8. The number of hydrogen-bond acceptors (Lipinski definition) is 6. The number of benzene rings is 1. The first-order chi connectivity index (χ1) is 14.5. The summed E-state index contributed by atoms with van der Waals surface area (Å²) < 4.78 is 69.0. The SMILES string of the molecule is Cc1noc(C)c1CN1CCN(S(=O)(=O)c2ccc(C(=O)NCC(F)(F)F)cc2)CC1. The molecule has 1 aliphatic rings. The predicted molar refractivity (Wildman–Crippen MR) is 105 cm³/mol. The van der Waals surface area contributed by atoms with E-state index in [1.807, 2.05) is 13.8 Å². The van der Waals surface area contributed by atoms with Gasteiger partial charge in [0.05, 0.1) is 10.6 Å². The number of alkyl halides is 3. The summed E-state index contributed by atoms with van der Waals surface area (Å²) in [7, 11) is -3.78. The molecule has 0 unspecified atom stereocenters. The van der Waals surface area contributed by atoms with E-state index in [0.29, 0.717) is 32.7 Å². The van der Waals surface area contributed by atoms with E-state index in [4.69, 9.17) is 4.52 Å². The van der Waals surface area contributed by atoms with Crippen molar-refractivity contribution >= 4 is 15.9 Å². The Bertz CT molecular complexity index is 1010. The van der Waals surface area contributed by atoms with Crippen LogP contribution < -0.4 is 5.32 Å².